The standard InChI is InChI=1S/C15H19N5/c1-20(2)14-10-6-9-13(18-14)11-17-15(16)19-12-7-4-3-5-8-12/h3-10H,11H2,1-2H3,(H3,16,17,19). The number of aromatic nitrogens is 1. The summed E-state index contributed by atoms with van der Waals surface area (Å²) in [7, 11) is 3.92. The molecule has 0 aliphatic carbocycles. The van der Waals surface area contributed by atoms with Gasteiger partial charge in [0.2, 0.25) is 0 Å². The Kier molecular flexibility index (Phi) is 4.55. The van der Waals surface area contributed by atoms with Crippen molar-refractivity contribution in [3.8, 4) is 0 Å². The van der Waals surface area contributed by atoms with Crippen LogP contribution in [0.1, 0.15) is 5.69 Å². The second kappa shape index (κ2) is 6.56. The smallest absolute Gasteiger partial charge is 0.193 e. The van der Waals surface area contributed by atoms with Crippen molar-refractivity contribution >= 4 is 17.5 Å². The summed E-state index contributed by atoms with van der Waals surface area (Å²) in [5, 5.41) is 3.04. The first kappa shape index (κ1) is 13.9. The molecule has 5 heteroatoms. The van der Waals surface area contributed by atoms with E-state index < -0.39 is 0 Å². The molecule has 0 radical (unpaired) electrons. The fourth-order valence-electron chi connectivity index (χ4n) is 1.68. The Morgan fingerprint density at radius 1 is 1.15 bits per heavy atom. The van der Waals surface area contributed by atoms with Gasteiger partial charge in [0.25, 0.3) is 0 Å². The van der Waals surface area contributed by atoms with E-state index in [1.165, 1.54) is 0 Å². The molecule has 1 aromatic heterocycles. The highest BCUT2D eigenvalue weighted by molar-refractivity contribution is 5.92. The molecular formula is C15H19N5. The predicted molar refractivity (Wildman–Crippen MR) is 84.0 cm³/mol. The monoisotopic (exact) mass is 269 g/mol. The van der Waals surface area contributed by atoms with Gasteiger partial charge in [0.1, 0.15) is 5.82 Å². The number of nitrogens with zero attached hydrogens (tertiary/aromatic N) is 3. The molecule has 104 valence electrons. The molecule has 0 aliphatic rings. The van der Waals surface area contributed by atoms with Gasteiger partial charge in [-0.1, -0.05) is 24.3 Å². The summed E-state index contributed by atoms with van der Waals surface area (Å²) in [6, 6.07) is 15.6. The largest absolute Gasteiger partial charge is 0.370 e. The molecule has 5 nitrogen and oxygen atoms in total. The molecule has 0 spiro atoms. The van der Waals surface area contributed by atoms with Gasteiger partial charge in [-0.2, -0.15) is 0 Å². The molecule has 0 saturated carbocycles. The van der Waals surface area contributed by atoms with E-state index in [4.69, 9.17) is 5.73 Å². The number of hydrogen-bond acceptors (Lipinski definition) is 3. The molecule has 20 heavy (non-hydrogen) atoms. The average molecular weight is 269 g/mol. The van der Waals surface area contributed by atoms with Gasteiger partial charge in [0.05, 0.1) is 12.2 Å². The second-order valence-electron chi connectivity index (χ2n) is 4.57. The van der Waals surface area contributed by atoms with E-state index in [-0.39, 0.29) is 0 Å². The summed E-state index contributed by atoms with van der Waals surface area (Å²) < 4.78 is 0. The number of hydrogen-bond donors (Lipinski definition) is 2. The lowest BCUT2D eigenvalue weighted by atomic mass is 10.3. The van der Waals surface area contributed by atoms with Crippen LogP contribution < -0.4 is 16.0 Å². The molecule has 1 heterocycles. The summed E-state index contributed by atoms with van der Waals surface area (Å²) in [5.74, 6) is 1.29. The Morgan fingerprint density at radius 3 is 2.60 bits per heavy atom. The zero-order valence-corrected chi connectivity index (χ0v) is 11.7. The summed E-state index contributed by atoms with van der Waals surface area (Å²) in [5.41, 5.74) is 7.66. The maximum atomic E-state index is 5.85. The van der Waals surface area contributed by atoms with Gasteiger partial charge in [0, 0.05) is 19.8 Å². The Labute approximate surface area is 119 Å². The third kappa shape index (κ3) is 3.98. The van der Waals surface area contributed by atoms with Crippen LogP contribution in [0.25, 0.3) is 0 Å². The van der Waals surface area contributed by atoms with E-state index in [2.05, 4.69) is 15.3 Å². The summed E-state index contributed by atoms with van der Waals surface area (Å²) in [6.45, 7) is 0.452. The zero-order chi connectivity index (χ0) is 14.4. The number of rotatable bonds is 4. The van der Waals surface area contributed by atoms with Crippen LogP contribution in [0.3, 0.4) is 0 Å². The van der Waals surface area contributed by atoms with Crippen molar-refractivity contribution < 1.29 is 0 Å². The lowest BCUT2D eigenvalue weighted by molar-refractivity contribution is 0.958. The Hall–Kier alpha value is -2.56. The predicted octanol–water partition coefficient (Wildman–Crippen LogP) is 2.07. The van der Waals surface area contributed by atoms with Crippen LogP contribution >= 0.6 is 0 Å². The van der Waals surface area contributed by atoms with Crippen molar-refractivity contribution in [2.45, 2.75) is 6.54 Å². The van der Waals surface area contributed by atoms with E-state index in [1.54, 1.807) is 0 Å². The minimum absolute atomic E-state index is 0.383. The number of pyridine rings is 1. The van der Waals surface area contributed by atoms with Crippen molar-refractivity contribution in [3.63, 3.8) is 0 Å². The molecule has 0 bridgehead atoms. The van der Waals surface area contributed by atoms with Crippen LogP contribution in [0, 0.1) is 0 Å². The Morgan fingerprint density at radius 2 is 1.90 bits per heavy atom. The number of benzene rings is 1. The van der Waals surface area contributed by atoms with Crippen molar-refractivity contribution in [3.05, 3.63) is 54.2 Å². The minimum atomic E-state index is 0.383. The normalized spacial score (nSPS) is 11.2. The van der Waals surface area contributed by atoms with Crippen molar-refractivity contribution in [1.82, 2.24) is 4.98 Å². The fourth-order valence-corrected chi connectivity index (χ4v) is 1.68. The molecule has 0 saturated heterocycles. The number of nitrogens with two attached hydrogens (primary N) is 1. The number of anilines is 2. The molecule has 0 atom stereocenters. The fraction of sp³-hybridized carbons (Fsp3) is 0.200. The first-order valence-electron chi connectivity index (χ1n) is 6.40. The SMILES string of the molecule is CN(C)c1cccc(CN=C(N)Nc2ccccc2)n1. The maximum Gasteiger partial charge on any atom is 0.193 e. The third-order valence-electron chi connectivity index (χ3n) is 2.71. The van der Waals surface area contributed by atoms with Crippen molar-refractivity contribution in [1.29, 1.82) is 0 Å². The van der Waals surface area contributed by atoms with Crippen molar-refractivity contribution in [2.24, 2.45) is 10.7 Å². The van der Waals surface area contributed by atoms with E-state index >= 15 is 0 Å². The van der Waals surface area contributed by atoms with Crippen LogP contribution in [0.2, 0.25) is 0 Å². The number of guanidine groups is 1. The van der Waals surface area contributed by atoms with Crippen LogP contribution in [0.4, 0.5) is 11.5 Å². The molecule has 0 fully saturated rings. The third-order valence-corrected chi connectivity index (χ3v) is 2.71. The number of para-hydroxylation sites is 1. The number of nitrogens with one attached hydrogen (secondary N) is 1. The highest BCUT2D eigenvalue weighted by Gasteiger charge is 1.99. The van der Waals surface area contributed by atoms with E-state index in [9.17, 15) is 0 Å². The zero-order valence-electron chi connectivity index (χ0n) is 11.7. The maximum absolute atomic E-state index is 5.85. The molecule has 2 rings (SSSR count). The molecule has 1 aromatic carbocycles. The summed E-state index contributed by atoms with van der Waals surface area (Å²) in [4.78, 5) is 10.7. The Balaban J connectivity index is 2.00. The van der Waals surface area contributed by atoms with Gasteiger partial charge >= 0.3 is 0 Å². The average Bonchev–Trinajstić information content (AvgIpc) is 2.46. The van der Waals surface area contributed by atoms with Gasteiger partial charge < -0.3 is 16.0 Å². The summed E-state index contributed by atoms with van der Waals surface area (Å²) >= 11 is 0. The molecular weight excluding hydrogens is 250 g/mol. The van der Waals surface area contributed by atoms with Crippen LogP contribution in [-0.2, 0) is 6.54 Å². The Bertz CT molecular complexity index is 578. The molecule has 3 N–H and O–H groups in total. The van der Waals surface area contributed by atoms with Crippen LogP contribution in [-0.4, -0.2) is 25.0 Å². The van der Waals surface area contributed by atoms with E-state index in [1.807, 2.05) is 67.5 Å². The molecule has 0 amide bonds. The van der Waals surface area contributed by atoms with Crippen LogP contribution in [0.15, 0.2) is 53.5 Å². The summed E-state index contributed by atoms with van der Waals surface area (Å²) in [6.07, 6.45) is 0. The first-order chi connectivity index (χ1) is 9.65. The first-order valence-corrected chi connectivity index (χ1v) is 6.40. The second-order valence-corrected chi connectivity index (χ2v) is 4.57. The van der Waals surface area contributed by atoms with Gasteiger partial charge in [-0.05, 0) is 24.3 Å². The van der Waals surface area contributed by atoms with Gasteiger partial charge in [0.15, 0.2) is 5.96 Å². The molecule has 0 aliphatic heterocycles. The molecule has 2 aromatic rings. The lowest BCUT2D eigenvalue weighted by Crippen LogP contribution is -2.22. The highest BCUT2D eigenvalue weighted by Crippen LogP contribution is 2.09. The minimum Gasteiger partial charge on any atom is -0.370 e. The van der Waals surface area contributed by atoms with Gasteiger partial charge in [-0.25, -0.2) is 9.98 Å². The lowest BCUT2D eigenvalue weighted by Gasteiger charge is -2.11. The topological polar surface area (TPSA) is 66.5 Å². The molecule has 0 unspecified atom stereocenters. The van der Waals surface area contributed by atoms with Gasteiger partial charge in [-0.3, -0.25) is 0 Å². The van der Waals surface area contributed by atoms with E-state index in [0.717, 1.165) is 17.2 Å². The van der Waals surface area contributed by atoms with Crippen molar-refractivity contribution in [2.75, 3.05) is 24.3 Å². The van der Waals surface area contributed by atoms with E-state index in [0.29, 0.717) is 12.5 Å². The number of aliphatic imine (C=N–C) groups is 1. The highest BCUT2D eigenvalue weighted by atomic mass is 15.1. The van der Waals surface area contributed by atoms with Gasteiger partial charge in [-0.15, -0.1) is 0 Å². The quantitative estimate of drug-likeness (QED) is 0.658. The van der Waals surface area contributed by atoms with Crippen LogP contribution in [0.5, 0.6) is 0 Å².